The van der Waals surface area contributed by atoms with E-state index in [1.165, 1.54) is 0 Å². The fraction of sp³-hybridized carbons (Fsp3) is 0.250. The van der Waals surface area contributed by atoms with E-state index in [4.69, 9.17) is 4.42 Å². The molecule has 0 fully saturated rings. The lowest BCUT2D eigenvalue weighted by Gasteiger charge is -1.95. The first-order valence-electron chi connectivity index (χ1n) is 4.88. The third-order valence-corrected chi connectivity index (χ3v) is 2.45. The van der Waals surface area contributed by atoms with Crippen LogP contribution in [-0.4, -0.2) is 10.9 Å². The topological polar surface area (TPSA) is 50.4 Å². The highest BCUT2D eigenvalue weighted by atomic mass is 16.3. The van der Waals surface area contributed by atoms with Crippen LogP contribution in [0.1, 0.15) is 29.5 Å². The van der Waals surface area contributed by atoms with Crippen molar-refractivity contribution >= 4 is 16.8 Å². The molecule has 78 valence electrons. The van der Waals surface area contributed by atoms with Crippen LogP contribution in [0.25, 0.3) is 11.0 Å². The number of hydrogen-bond acceptors (Lipinski definition) is 3. The van der Waals surface area contributed by atoms with Crippen LogP contribution in [0, 0.1) is 6.92 Å². The molecule has 1 aromatic heterocycles. The van der Waals surface area contributed by atoms with Gasteiger partial charge in [-0.25, -0.2) is 0 Å². The molecule has 0 aliphatic rings. The Bertz CT molecular complexity index is 523. The molecule has 0 saturated heterocycles. The number of carbonyl (C=O) groups is 1. The molecule has 3 heteroatoms. The maximum atomic E-state index is 11.7. The summed E-state index contributed by atoms with van der Waals surface area (Å²) in [5.41, 5.74) is 1.23. The Morgan fingerprint density at radius 1 is 1.47 bits per heavy atom. The molecular formula is C12H12O3. The number of furan rings is 1. The van der Waals surface area contributed by atoms with Crippen LogP contribution in [0.5, 0.6) is 5.75 Å². The number of hydrogen-bond donors (Lipinski definition) is 1. The van der Waals surface area contributed by atoms with E-state index in [0.717, 1.165) is 0 Å². The van der Waals surface area contributed by atoms with Crippen molar-refractivity contribution in [3.05, 3.63) is 29.5 Å². The molecule has 0 bridgehead atoms. The summed E-state index contributed by atoms with van der Waals surface area (Å²) in [4.78, 5) is 11.7. The zero-order valence-electron chi connectivity index (χ0n) is 8.70. The number of ketones is 1. The van der Waals surface area contributed by atoms with Gasteiger partial charge in [-0.05, 0) is 25.1 Å². The van der Waals surface area contributed by atoms with E-state index in [1.54, 1.807) is 25.1 Å². The molecule has 2 rings (SSSR count). The largest absolute Gasteiger partial charge is 0.508 e. The third-order valence-electron chi connectivity index (χ3n) is 2.45. The number of fused-ring (bicyclic) bond motifs is 1. The normalized spacial score (nSPS) is 10.8. The highest BCUT2D eigenvalue weighted by Gasteiger charge is 2.16. The summed E-state index contributed by atoms with van der Waals surface area (Å²) in [6.07, 6.45) is 0.436. The number of benzene rings is 1. The number of phenolic OH excluding ortho intramolecular Hbond substituents is 1. The van der Waals surface area contributed by atoms with Gasteiger partial charge in [-0.3, -0.25) is 4.79 Å². The smallest absolute Gasteiger partial charge is 0.166 e. The molecule has 2 aromatic rings. The van der Waals surface area contributed by atoms with Gasteiger partial charge in [0, 0.05) is 11.8 Å². The Hall–Kier alpha value is -1.77. The third kappa shape index (κ3) is 1.50. The lowest BCUT2D eigenvalue weighted by Crippen LogP contribution is -1.96. The fourth-order valence-corrected chi connectivity index (χ4v) is 1.73. The first-order chi connectivity index (χ1) is 7.13. The molecule has 1 aromatic carbocycles. The van der Waals surface area contributed by atoms with E-state index in [0.29, 0.717) is 28.7 Å². The minimum atomic E-state index is 0.0388. The summed E-state index contributed by atoms with van der Waals surface area (Å²) < 4.78 is 5.45. The van der Waals surface area contributed by atoms with Crippen molar-refractivity contribution in [2.24, 2.45) is 0 Å². The van der Waals surface area contributed by atoms with Crippen molar-refractivity contribution in [1.29, 1.82) is 0 Å². The van der Waals surface area contributed by atoms with Gasteiger partial charge >= 0.3 is 0 Å². The minimum absolute atomic E-state index is 0.0388. The predicted molar refractivity (Wildman–Crippen MR) is 57.2 cm³/mol. The van der Waals surface area contributed by atoms with E-state index < -0.39 is 0 Å². The first kappa shape index (κ1) is 9.77. The lowest BCUT2D eigenvalue weighted by atomic mass is 10.1. The van der Waals surface area contributed by atoms with Gasteiger partial charge in [0.2, 0.25) is 0 Å². The number of Topliss-reactive ketones (excluding diaryl/α,β-unsaturated/α-hetero) is 1. The van der Waals surface area contributed by atoms with Gasteiger partial charge < -0.3 is 9.52 Å². The molecule has 0 aliphatic heterocycles. The lowest BCUT2D eigenvalue weighted by molar-refractivity contribution is 0.0988. The Kier molecular flexibility index (Phi) is 2.23. The van der Waals surface area contributed by atoms with Crippen LogP contribution < -0.4 is 0 Å². The van der Waals surface area contributed by atoms with Crippen molar-refractivity contribution in [3.8, 4) is 5.75 Å². The zero-order valence-corrected chi connectivity index (χ0v) is 8.70. The van der Waals surface area contributed by atoms with Crippen molar-refractivity contribution < 1.29 is 14.3 Å². The molecule has 0 aliphatic carbocycles. The summed E-state index contributed by atoms with van der Waals surface area (Å²) in [6, 6.07) is 4.78. The quantitative estimate of drug-likeness (QED) is 0.765. The van der Waals surface area contributed by atoms with Gasteiger partial charge in [-0.2, -0.15) is 0 Å². The summed E-state index contributed by atoms with van der Waals surface area (Å²) in [5.74, 6) is 0.799. The molecule has 1 N–H and O–H groups in total. The molecule has 3 nitrogen and oxygen atoms in total. The summed E-state index contributed by atoms with van der Waals surface area (Å²) in [6.45, 7) is 3.57. The van der Waals surface area contributed by atoms with Crippen LogP contribution in [0.15, 0.2) is 22.6 Å². The molecule has 1 heterocycles. The highest BCUT2D eigenvalue weighted by Crippen LogP contribution is 2.29. The van der Waals surface area contributed by atoms with Crippen LogP contribution in [0.2, 0.25) is 0 Å². The minimum Gasteiger partial charge on any atom is -0.508 e. The maximum absolute atomic E-state index is 11.7. The second kappa shape index (κ2) is 3.42. The molecule has 0 unspecified atom stereocenters. The second-order valence-corrected chi connectivity index (χ2v) is 3.49. The standard InChI is InChI=1S/C12H12O3/c1-3-10(14)12-7(2)15-11-5-4-8(13)6-9(11)12/h4-6,13H,3H2,1-2H3. The number of rotatable bonds is 2. The predicted octanol–water partition coefficient (Wildman–Crippen LogP) is 3.04. The zero-order chi connectivity index (χ0) is 11.0. The summed E-state index contributed by atoms with van der Waals surface area (Å²) in [7, 11) is 0. The number of carbonyl (C=O) groups excluding carboxylic acids is 1. The van der Waals surface area contributed by atoms with Crippen molar-refractivity contribution in [1.82, 2.24) is 0 Å². The average Bonchev–Trinajstić information content (AvgIpc) is 2.52. The number of phenols is 1. The van der Waals surface area contributed by atoms with Gasteiger partial charge in [0.1, 0.15) is 17.1 Å². The second-order valence-electron chi connectivity index (χ2n) is 3.49. The van der Waals surface area contributed by atoms with Crippen LogP contribution in [0.3, 0.4) is 0 Å². The van der Waals surface area contributed by atoms with Gasteiger partial charge in [0.15, 0.2) is 5.78 Å². The van der Waals surface area contributed by atoms with Crippen molar-refractivity contribution in [2.45, 2.75) is 20.3 Å². The van der Waals surface area contributed by atoms with E-state index in [-0.39, 0.29) is 11.5 Å². The number of aromatic hydroxyl groups is 1. The van der Waals surface area contributed by atoms with Crippen molar-refractivity contribution in [3.63, 3.8) is 0 Å². The van der Waals surface area contributed by atoms with E-state index >= 15 is 0 Å². The Labute approximate surface area is 87.3 Å². The van der Waals surface area contributed by atoms with Gasteiger partial charge in [0.05, 0.1) is 5.56 Å². The summed E-state index contributed by atoms with van der Waals surface area (Å²) >= 11 is 0. The van der Waals surface area contributed by atoms with Gasteiger partial charge in [0.25, 0.3) is 0 Å². The molecule has 15 heavy (non-hydrogen) atoms. The van der Waals surface area contributed by atoms with Gasteiger partial charge in [-0.15, -0.1) is 0 Å². The van der Waals surface area contributed by atoms with E-state index in [9.17, 15) is 9.90 Å². The Morgan fingerprint density at radius 2 is 2.20 bits per heavy atom. The molecule has 0 spiro atoms. The average molecular weight is 204 g/mol. The Morgan fingerprint density at radius 3 is 2.87 bits per heavy atom. The van der Waals surface area contributed by atoms with Crippen molar-refractivity contribution in [2.75, 3.05) is 0 Å². The van der Waals surface area contributed by atoms with Gasteiger partial charge in [-0.1, -0.05) is 6.92 Å². The fourth-order valence-electron chi connectivity index (χ4n) is 1.73. The summed E-state index contributed by atoms with van der Waals surface area (Å²) in [5, 5.41) is 10.1. The SMILES string of the molecule is CCC(=O)c1c(C)oc2ccc(O)cc12. The molecule has 0 radical (unpaired) electrons. The first-order valence-corrected chi connectivity index (χ1v) is 4.88. The molecule has 0 atom stereocenters. The van der Waals surface area contributed by atoms with E-state index in [1.807, 2.05) is 6.92 Å². The molecule has 0 amide bonds. The van der Waals surface area contributed by atoms with Crippen LogP contribution in [0.4, 0.5) is 0 Å². The van der Waals surface area contributed by atoms with E-state index in [2.05, 4.69) is 0 Å². The van der Waals surface area contributed by atoms with Crippen LogP contribution in [-0.2, 0) is 0 Å². The molecule has 0 saturated carbocycles. The maximum Gasteiger partial charge on any atom is 0.166 e. The Balaban J connectivity index is 2.76. The molecular weight excluding hydrogens is 192 g/mol. The monoisotopic (exact) mass is 204 g/mol. The highest BCUT2D eigenvalue weighted by molar-refractivity contribution is 6.08. The number of aryl methyl sites for hydroxylation is 1. The van der Waals surface area contributed by atoms with Crippen LogP contribution >= 0.6 is 0 Å².